The highest BCUT2D eigenvalue weighted by Gasteiger charge is 2.27. The van der Waals surface area contributed by atoms with Crippen LogP contribution in [0.4, 0.5) is 8.78 Å². The predicted octanol–water partition coefficient (Wildman–Crippen LogP) is 2.85. The maximum absolute atomic E-state index is 14.8. The number of ketones is 1. The fourth-order valence-corrected chi connectivity index (χ4v) is 3.18. The van der Waals surface area contributed by atoms with Crippen LogP contribution in [0.3, 0.4) is 0 Å². The number of aliphatic hydroxyl groups excluding tert-OH is 1. The fraction of sp³-hybridized carbons (Fsp3) is 0.238. The number of hydrogen-bond acceptors (Lipinski definition) is 4. The maximum Gasteiger partial charge on any atom is 0.255 e. The lowest BCUT2D eigenvalue weighted by atomic mass is 9.90. The Hall–Kier alpha value is -2.90. The van der Waals surface area contributed by atoms with E-state index in [-0.39, 0.29) is 29.7 Å². The second kappa shape index (κ2) is 7.61. The van der Waals surface area contributed by atoms with Gasteiger partial charge in [-0.15, -0.1) is 0 Å². The number of carbonyl (C=O) groups excluding carboxylic acids is 1. The number of aromatic amines is 1. The standard InChI is InChI=1S/C21H20F2N2O3/c1-21(2,25-8-9-26)12-10-16(22)18(17(23)11-12)19(27)14-4-3-5-15-13(14)6-7-24-20(15)28/h3-7,10-11,25-26H,8-9H2,1-2H3,(H,24,28). The van der Waals surface area contributed by atoms with E-state index < -0.39 is 28.5 Å². The predicted molar refractivity (Wildman–Crippen MR) is 102 cm³/mol. The van der Waals surface area contributed by atoms with Crippen molar-refractivity contribution < 1.29 is 18.7 Å². The quantitative estimate of drug-likeness (QED) is 0.569. The monoisotopic (exact) mass is 386 g/mol. The smallest absolute Gasteiger partial charge is 0.255 e. The molecule has 0 fully saturated rings. The van der Waals surface area contributed by atoms with Gasteiger partial charge in [0, 0.05) is 29.2 Å². The Morgan fingerprint density at radius 2 is 1.82 bits per heavy atom. The Morgan fingerprint density at radius 3 is 2.46 bits per heavy atom. The number of nitrogens with one attached hydrogen (secondary N) is 2. The number of H-pyrrole nitrogens is 1. The number of rotatable bonds is 6. The van der Waals surface area contributed by atoms with E-state index in [1.165, 1.54) is 30.5 Å². The third-order valence-corrected chi connectivity index (χ3v) is 4.73. The van der Waals surface area contributed by atoms with Crippen molar-refractivity contribution in [3.8, 4) is 0 Å². The number of hydrogen-bond donors (Lipinski definition) is 3. The summed E-state index contributed by atoms with van der Waals surface area (Å²) in [5, 5.41) is 12.5. The zero-order chi connectivity index (χ0) is 20.5. The van der Waals surface area contributed by atoms with Crippen LogP contribution in [-0.4, -0.2) is 29.0 Å². The molecule has 1 heterocycles. The molecule has 0 saturated heterocycles. The van der Waals surface area contributed by atoms with Gasteiger partial charge in [-0.1, -0.05) is 12.1 Å². The van der Waals surface area contributed by atoms with Crippen molar-refractivity contribution >= 4 is 16.6 Å². The molecule has 146 valence electrons. The molecule has 3 rings (SSSR count). The Labute approximate surface area is 160 Å². The SMILES string of the molecule is CC(C)(NCCO)c1cc(F)c(C(=O)c2cccc3c(=O)[nH]ccc23)c(F)c1. The molecule has 3 N–H and O–H groups in total. The molecule has 0 radical (unpaired) electrons. The first kappa shape index (κ1) is 19.9. The number of halogens is 2. The Morgan fingerprint density at radius 1 is 1.14 bits per heavy atom. The summed E-state index contributed by atoms with van der Waals surface area (Å²) in [6, 6.07) is 8.21. The van der Waals surface area contributed by atoms with Crippen LogP contribution in [0.2, 0.25) is 0 Å². The summed E-state index contributed by atoms with van der Waals surface area (Å²) in [6.45, 7) is 3.57. The maximum atomic E-state index is 14.8. The van der Waals surface area contributed by atoms with Crippen LogP contribution in [0.5, 0.6) is 0 Å². The normalized spacial score (nSPS) is 11.8. The summed E-state index contributed by atoms with van der Waals surface area (Å²) < 4.78 is 29.5. The lowest BCUT2D eigenvalue weighted by Gasteiger charge is -2.27. The van der Waals surface area contributed by atoms with Crippen LogP contribution >= 0.6 is 0 Å². The second-order valence-corrected chi connectivity index (χ2v) is 6.99. The van der Waals surface area contributed by atoms with Gasteiger partial charge in [0.15, 0.2) is 5.78 Å². The summed E-state index contributed by atoms with van der Waals surface area (Å²) >= 11 is 0. The highest BCUT2D eigenvalue weighted by atomic mass is 19.1. The molecular formula is C21H20F2N2O3. The molecule has 0 amide bonds. The lowest BCUT2D eigenvalue weighted by Crippen LogP contribution is -2.38. The summed E-state index contributed by atoms with van der Waals surface area (Å²) in [5.41, 5.74) is -1.51. The summed E-state index contributed by atoms with van der Waals surface area (Å²) in [4.78, 5) is 27.3. The van der Waals surface area contributed by atoms with Crippen LogP contribution < -0.4 is 10.9 Å². The third-order valence-electron chi connectivity index (χ3n) is 4.73. The van der Waals surface area contributed by atoms with Gasteiger partial charge >= 0.3 is 0 Å². The molecule has 1 aromatic heterocycles. The molecular weight excluding hydrogens is 366 g/mol. The highest BCUT2D eigenvalue weighted by molar-refractivity contribution is 6.16. The van der Waals surface area contributed by atoms with Crippen LogP contribution in [0.15, 0.2) is 47.4 Å². The minimum atomic E-state index is -0.985. The molecule has 0 unspecified atom stereocenters. The van der Waals surface area contributed by atoms with E-state index in [4.69, 9.17) is 5.11 Å². The largest absolute Gasteiger partial charge is 0.395 e. The van der Waals surface area contributed by atoms with Crippen LogP contribution in [0.25, 0.3) is 10.8 Å². The average Bonchev–Trinajstić information content (AvgIpc) is 2.65. The molecule has 0 aliphatic heterocycles. The van der Waals surface area contributed by atoms with Crippen molar-refractivity contribution in [3.05, 3.63) is 81.3 Å². The van der Waals surface area contributed by atoms with Gasteiger partial charge in [0.25, 0.3) is 5.56 Å². The van der Waals surface area contributed by atoms with Crippen LogP contribution in [0, 0.1) is 11.6 Å². The molecule has 0 spiro atoms. The summed E-state index contributed by atoms with van der Waals surface area (Å²) in [5.74, 6) is -2.81. The van der Waals surface area contributed by atoms with Gasteiger partial charge in [0.1, 0.15) is 11.6 Å². The third kappa shape index (κ3) is 3.58. The van der Waals surface area contributed by atoms with Gasteiger partial charge < -0.3 is 15.4 Å². The minimum absolute atomic E-state index is 0.0480. The highest BCUT2D eigenvalue weighted by Crippen LogP contribution is 2.27. The van der Waals surface area contributed by atoms with Gasteiger partial charge in [0.2, 0.25) is 0 Å². The number of pyridine rings is 1. The molecule has 0 aliphatic rings. The molecule has 3 aromatic rings. The Bertz CT molecular complexity index is 1080. The molecule has 5 nitrogen and oxygen atoms in total. The van der Waals surface area contributed by atoms with E-state index in [0.29, 0.717) is 10.9 Å². The van der Waals surface area contributed by atoms with E-state index in [9.17, 15) is 18.4 Å². The number of aromatic nitrogens is 1. The number of benzene rings is 2. The van der Waals surface area contributed by atoms with Crippen LogP contribution in [-0.2, 0) is 5.54 Å². The topological polar surface area (TPSA) is 82.2 Å². The molecule has 2 aromatic carbocycles. The molecule has 0 atom stereocenters. The summed E-state index contributed by atoms with van der Waals surface area (Å²) in [7, 11) is 0. The molecule has 7 heteroatoms. The molecule has 0 aliphatic carbocycles. The van der Waals surface area contributed by atoms with Gasteiger partial charge in [-0.2, -0.15) is 0 Å². The van der Waals surface area contributed by atoms with Crippen LogP contribution in [0.1, 0.15) is 35.3 Å². The van der Waals surface area contributed by atoms with E-state index in [0.717, 1.165) is 12.1 Å². The van der Waals surface area contributed by atoms with E-state index in [1.54, 1.807) is 13.8 Å². The fourth-order valence-electron chi connectivity index (χ4n) is 3.18. The lowest BCUT2D eigenvalue weighted by molar-refractivity contribution is 0.103. The first-order valence-corrected chi connectivity index (χ1v) is 8.77. The van der Waals surface area contributed by atoms with E-state index in [1.807, 2.05) is 0 Å². The van der Waals surface area contributed by atoms with Crippen molar-refractivity contribution in [1.82, 2.24) is 10.3 Å². The number of fused-ring (bicyclic) bond motifs is 1. The van der Waals surface area contributed by atoms with E-state index in [2.05, 4.69) is 10.3 Å². The number of aliphatic hydroxyl groups is 1. The van der Waals surface area contributed by atoms with Crippen molar-refractivity contribution in [1.29, 1.82) is 0 Å². The summed E-state index contributed by atoms with van der Waals surface area (Å²) in [6.07, 6.45) is 1.38. The van der Waals surface area contributed by atoms with Gasteiger partial charge in [-0.25, -0.2) is 8.78 Å². The van der Waals surface area contributed by atoms with E-state index >= 15 is 0 Å². The Kier molecular flexibility index (Phi) is 5.40. The number of carbonyl (C=O) groups is 1. The average molecular weight is 386 g/mol. The van der Waals surface area contributed by atoms with Crippen molar-refractivity contribution in [2.75, 3.05) is 13.2 Å². The van der Waals surface area contributed by atoms with Gasteiger partial charge in [-0.3, -0.25) is 9.59 Å². The zero-order valence-electron chi connectivity index (χ0n) is 15.5. The van der Waals surface area contributed by atoms with Gasteiger partial charge in [0.05, 0.1) is 12.2 Å². The zero-order valence-corrected chi connectivity index (χ0v) is 15.5. The van der Waals surface area contributed by atoms with Crippen molar-refractivity contribution in [3.63, 3.8) is 0 Å². The van der Waals surface area contributed by atoms with Gasteiger partial charge in [-0.05, 0) is 49.1 Å². The first-order chi connectivity index (χ1) is 13.3. The van der Waals surface area contributed by atoms with Crippen molar-refractivity contribution in [2.24, 2.45) is 0 Å². The Balaban J connectivity index is 2.09. The van der Waals surface area contributed by atoms with Crippen molar-refractivity contribution in [2.45, 2.75) is 19.4 Å². The second-order valence-electron chi connectivity index (χ2n) is 6.99. The minimum Gasteiger partial charge on any atom is -0.395 e. The first-order valence-electron chi connectivity index (χ1n) is 8.77. The molecule has 0 bridgehead atoms. The molecule has 0 saturated carbocycles. The molecule has 28 heavy (non-hydrogen) atoms.